The molecule has 0 saturated carbocycles. The molecule has 0 radical (unpaired) electrons. The Kier molecular flexibility index (Phi) is 3.70. The van der Waals surface area contributed by atoms with Crippen LogP contribution in [0.2, 0.25) is 0 Å². The zero-order valence-electron chi connectivity index (χ0n) is 9.62. The SMILES string of the molecule is Cc1noc(CNC(=O)N2CSCC2C(=O)O)n1. The fourth-order valence-corrected chi connectivity index (χ4v) is 2.66. The summed E-state index contributed by atoms with van der Waals surface area (Å²) in [5.74, 6) is 0.552. The van der Waals surface area contributed by atoms with Crippen LogP contribution < -0.4 is 5.32 Å². The minimum Gasteiger partial charge on any atom is -0.480 e. The molecule has 2 N–H and O–H groups in total. The molecule has 1 saturated heterocycles. The van der Waals surface area contributed by atoms with Crippen LogP contribution in [0.4, 0.5) is 4.79 Å². The van der Waals surface area contributed by atoms with Crippen molar-refractivity contribution in [1.29, 1.82) is 0 Å². The van der Waals surface area contributed by atoms with Crippen LogP contribution in [-0.2, 0) is 11.3 Å². The van der Waals surface area contributed by atoms with Crippen molar-refractivity contribution in [2.45, 2.75) is 19.5 Å². The molecule has 1 aliphatic rings. The van der Waals surface area contributed by atoms with E-state index >= 15 is 0 Å². The topological polar surface area (TPSA) is 109 Å². The van der Waals surface area contributed by atoms with E-state index in [1.54, 1.807) is 6.92 Å². The Labute approximate surface area is 107 Å². The zero-order valence-corrected chi connectivity index (χ0v) is 10.4. The molecule has 1 aliphatic heterocycles. The third-order valence-electron chi connectivity index (χ3n) is 2.39. The fourth-order valence-electron chi connectivity index (χ4n) is 1.51. The lowest BCUT2D eigenvalue weighted by atomic mass is 10.3. The van der Waals surface area contributed by atoms with Gasteiger partial charge in [0.25, 0.3) is 0 Å². The first-order chi connectivity index (χ1) is 8.58. The Hall–Kier alpha value is -1.77. The lowest BCUT2D eigenvalue weighted by molar-refractivity contribution is -0.140. The molecule has 18 heavy (non-hydrogen) atoms. The van der Waals surface area contributed by atoms with Gasteiger partial charge in [0.2, 0.25) is 5.89 Å². The number of thioether (sulfide) groups is 1. The van der Waals surface area contributed by atoms with Gasteiger partial charge in [0.05, 0.1) is 12.4 Å². The smallest absolute Gasteiger partial charge is 0.327 e. The maximum atomic E-state index is 11.8. The Balaban J connectivity index is 1.89. The van der Waals surface area contributed by atoms with Gasteiger partial charge in [-0.15, -0.1) is 11.8 Å². The Morgan fingerprint density at radius 3 is 3.06 bits per heavy atom. The highest BCUT2D eigenvalue weighted by Gasteiger charge is 2.34. The summed E-state index contributed by atoms with van der Waals surface area (Å²) in [4.78, 5) is 27.9. The van der Waals surface area contributed by atoms with E-state index in [-0.39, 0.29) is 6.54 Å². The molecule has 1 aromatic heterocycles. The van der Waals surface area contributed by atoms with E-state index in [4.69, 9.17) is 9.63 Å². The monoisotopic (exact) mass is 272 g/mol. The van der Waals surface area contributed by atoms with Crippen LogP contribution in [0, 0.1) is 6.92 Å². The van der Waals surface area contributed by atoms with Crippen molar-refractivity contribution in [3.63, 3.8) is 0 Å². The number of rotatable bonds is 3. The summed E-state index contributed by atoms with van der Waals surface area (Å²) in [6, 6.07) is -1.22. The molecule has 1 unspecified atom stereocenters. The number of nitrogens with one attached hydrogen (secondary N) is 1. The number of hydrogen-bond acceptors (Lipinski definition) is 6. The Bertz CT molecular complexity index is 463. The summed E-state index contributed by atoms with van der Waals surface area (Å²) in [7, 11) is 0. The van der Waals surface area contributed by atoms with Crippen LogP contribution in [-0.4, -0.2) is 49.8 Å². The molecule has 0 aliphatic carbocycles. The highest BCUT2D eigenvalue weighted by Crippen LogP contribution is 2.20. The van der Waals surface area contributed by atoms with Gasteiger partial charge in [-0.05, 0) is 6.92 Å². The summed E-state index contributed by atoms with van der Waals surface area (Å²) in [5.41, 5.74) is 0. The van der Waals surface area contributed by atoms with Gasteiger partial charge in [0, 0.05) is 5.75 Å². The van der Waals surface area contributed by atoms with Gasteiger partial charge in [-0.2, -0.15) is 4.98 Å². The van der Waals surface area contributed by atoms with Crippen molar-refractivity contribution < 1.29 is 19.2 Å². The van der Waals surface area contributed by atoms with Gasteiger partial charge in [0.15, 0.2) is 5.82 Å². The van der Waals surface area contributed by atoms with Crippen molar-refractivity contribution in [2.24, 2.45) is 0 Å². The fraction of sp³-hybridized carbons (Fsp3) is 0.556. The molecule has 98 valence electrons. The number of amides is 2. The van der Waals surface area contributed by atoms with Crippen molar-refractivity contribution in [3.8, 4) is 0 Å². The Morgan fingerprint density at radius 1 is 1.67 bits per heavy atom. The highest BCUT2D eigenvalue weighted by molar-refractivity contribution is 7.99. The molecule has 8 nitrogen and oxygen atoms in total. The van der Waals surface area contributed by atoms with Crippen molar-refractivity contribution in [1.82, 2.24) is 20.4 Å². The number of carboxylic acids is 1. The molecule has 0 spiro atoms. The molecule has 2 rings (SSSR count). The molecule has 2 amide bonds. The molecule has 1 atom stereocenters. The molecule has 1 aromatic rings. The average molecular weight is 272 g/mol. The summed E-state index contributed by atoms with van der Waals surface area (Å²) >= 11 is 1.41. The molecule has 9 heteroatoms. The first-order valence-corrected chi connectivity index (χ1v) is 6.37. The van der Waals surface area contributed by atoms with Crippen molar-refractivity contribution in [3.05, 3.63) is 11.7 Å². The van der Waals surface area contributed by atoms with Gasteiger partial charge >= 0.3 is 12.0 Å². The second-order valence-corrected chi connectivity index (χ2v) is 4.72. The Morgan fingerprint density at radius 2 is 2.44 bits per heavy atom. The van der Waals surface area contributed by atoms with Crippen LogP contribution in [0.1, 0.15) is 11.7 Å². The third-order valence-corrected chi connectivity index (χ3v) is 3.40. The van der Waals surface area contributed by atoms with Crippen LogP contribution in [0.25, 0.3) is 0 Å². The van der Waals surface area contributed by atoms with Crippen LogP contribution >= 0.6 is 11.8 Å². The minimum absolute atomic E-state index is 0.0905. The molecule has 1 fully saturated rings. The number of aliphatic carboxylic acids is 1. The van der Waals surface area contributed by atoms with E-state index in [9.17, 15) is 9.59 Å². The van der Waals surface area contributed by atoms with E-state index in [2.05, 4.69) is 15.5 Å². The van der Waals surface area contributed by atoms with Crippen molar-refractivity contribution in [2.75, 3.05) is 11.6 Å². The minimum atomic E-state index is -0.996. The first-order valence-electron chi connectivity index (χ1n) is 5.22. The normalized spacial score (nSPS) is 18.9. The largest absolute Gasteiger partial charge is 0.480 e. The highest BCUT2D eigenvalue weighted by atomic mass is 32.2. The molecular formula is C9H12N4O4S. The van der Waals surface area contributed by atoms with E-state index in [1.165, 1.54) is 16.7 Å². The molecular weight excluding hydrogens is 260 g/mol. The van der Waals surface area contributed by atoms with Crippen LogP contribution in [0.5, 0.6) is 0 Å². The summed E-state index contributed by atoms with van der Waals surface area (Å²) < 4.78 is 4.84. The number of carbonyl (C=O) groups excluding carboxylic acids is 1. The predicted octanol–water partition coefficient (Wildman–Crippen LogP) is 0.0471. The van der Waals surface area contributed by atoms with E-state index in [1.807, 2.05) is 0 Å². The number of urea groups is 1. The number of carboxylic acid groups (broad SMARTS) is 1. The van der Waals surface area contributed by atoms with E-state index < -0.39 is 18.0 Å². The average Bonchev–Trinajstić information content (AvgIpc) is 2.94. The zero-order chi connectivity index (χ0) is 13.1. The van der Waals surface area contributed by atoms with Gasteiger partial charge in [-0.25, -0.2) is 9.59 Å². The predicted molar refractivity (Wildman–Crippen MR) is 61.9 cm³/mol. The maximum Gasteiger partial charge on any atom is 0.327 e. The second kappa shape index (κ2) is 5.25. The summed E-state index contributed by atoms with van der Waals surface area (Å²) in [6.45, 7) is 1.76. The van der Waals surface area contributed by atoms with Crippen molar-refractivity contribution >= 4 is 23.8 Å². The summed E-state index contributed by atoms with van der Waals surface area (Å²) in [6.07, 6.45) is 0. The van der Waals surface area contributed by atoms with E-state index in [0.717, 1.165) is 0 Å². The third kappa shape index (κ3) is 2.73. The van der Waals surface area contributed by atoms with Gasteiger partial charge in [-0.1, -0.05) is 5.16 Å². The first kappa shape index (κ1) is 12.7. The number of nitrogens with zero attached hydrogens (tertiary/aromatic N) is 3. The number of hydrogen-bond donors (Lipinski definition) is 2. The lowest BCUT2D eigenvalue weighted by Crippen LogP contribution is -2.46. The van der Waals surface area contributed by atoms with Gasteiger partial charge < -0.3 is 19.8 Å². The second-order valence-electron chi connectivity index (χ2n) is 3.72. The quantitative estimate of drug-likeness (QED) is 0.800. The summed E-state index contributed by atoms with van der Waals surface area (Å²) in [5, 5.41) is 15.1. The number of aryl methyl sites for hydroxylation is 1. The van der Waals surface area contributed by atoms with E-state index in [0.29, 0.717) is 23.3 Å². The standard InChI is InChI=1S/C9H12N4O4S/c1-5-11-7(17-12-5)2-10-9(16)13-4-18-3-6(13)8(14)15/h6H,2-4H2,1H3,(H,10,16)(H,14,15). The lowest BCUT2D eigenvalue weighted by Gasteiger charge is -2.20. The molecule has 0 aromatic carbocycles. The van der Waals surface area contributed by atoms with Crippen LogP contribution in [0.15, 0.2) is 4.52 Å². The number of aromatic nitrogens is 2. The van der Waals surface area contributed by atoms with Gasteiger partial charge in [0.1, 0.15) is 6.04 Å². The maximum absolute atomic E-state index is 11.8. The molecule has 2 heterocycles. The molecule has 0 bridgehead atoms. The van der Waals surface area contributed by atoms with Crippen LogP contribution in [0.3, 0.4) is 0 Å². The van der Waals surface area contributed by atoms with Gasteiger partial charge in [-0.3, -0.25) is 0 Å². The number of carbonyl (C=O) groups is 2.